The number of hydrogen-bond donors (Lipinski definition) is 1. The van der Waals surface area contributed by atoms with Gasteiger partial charge in [0.2, 0.25) is 5.89 Å². The van der Waals surface area contributed by atoms with E-state index < -0.39 is 0 Å². The van der Waals surface area contributed by atoms with Crippen molar-refractivity contribution in [2.75, 3.05) is 7.11 Å². The van der Waals surface area contributed by atoms with Crippen LogP contribution in [0.15, 0.2) is 34.9 Å². The van der Waals surface area contributed by atoms with Crippen LogP contribution in [0.1, 0.15) is 42.0 Å². The van der Waals surface area contributed by atoms with E-state index in [9.17, 15) is 4.79 Å². The first-order chi connectivity index (χ1) is 10.1. The third-order valence-corrected chi connectivity index (χ3v) is 3.01. The van der Waals surface area contributed by atoms with E-state index in [-0.39, 0.29) is 24.5 Å². The first kappa shape index (κ1) is 15.2. The number of benzene rings is 1. The molecule has 1 heterocycles. The molecule has 6 heteroatoms. The van der Waals surface area contributed by atoms with Crippen LogP contribution in [-0.2, 0) is 11.3 Å². The summed E-state index contributed by atoms with van der Waals surface area (Å²) in [7, 11) is 1.56. The number of nitrogens with zero attached hydrogens (tertiary/aromatic N) is 2. The highest BCUT2D eigenvalue weighted by Crippen LogP contribution is 2.20. The molecule has 1 N–H and O–H groups in total. The Kier molecular flexibility index (Phi) is 5.05. The fraction of sp³-hybridized carbons (Fsp3) is 0.400. The summed E-state index contributed by atoms with van der Waals surface area (Å²) >= 11 is 0. The van der Waals surface area contributed by atoms with Crippen molar-refractivity contribution in [2.24, 2.45) is 5.92 Å². The van der Waals surface area contributed by atoms with Crippen LogP contribution in [0.2, 0.25) is 0 Å². The van der Waals surface area contributed by atoms with Gasteiger partial charge in [-0.1, -0.05) is 37.2 Å². The Hall–Kier alpha value is -2.21. The molecule has 0 saturated carbocycles. The Bertz CT molecular complexity index is 581. The first-order valence-electron chi connectivity index (χ1n) is 6.79. The van der Waals surface area contributed by atoms with E-state index in [2.05, 4.69) is 15.5 Å². The van der Waals surface area contributed by atoms with Crippen LogP contribution in [0, 0.1) is 5.92 Å². The second-order valence-electron chi connectivity index (χ2n) is 5.04. The normalized spacial score (nSPS) is 12.4. The summed E-state index contributed by atoms with van der Waals surface area (Å²) in [4.78, 5) is 16.5. The first-order valence-corrected chi connectivity index (χ1v) is 6.79. The van der Waals surface area contributed by atoms with E-state index in [1.165, 1.54) is 0 Å². The average Bonchev–Trinajstić information content (AvgIpc) is 2.93. The Morgan fingerprint density at radius 2 is 2.05 bits per heavy atom. The molecule has 1 aromatic carbocycles. The molecule has 0 aliphatic carbocycles. The fourth-order valence-electron chi connectivity index (χ4n) is 1.91. The topological polar surface area (TPSA) is 77.3 Å². The summed E-state index contributed by atoms with van der Waals surface area (Å²) in [6, 6.07) is 8.70. The maximum atomic E-state index is 12.2. The minimum absolute atomic E-state index is 0.119. The van der Waals surface area contributed by atoms with Crippen molar-refractivity contribution >= 4 is 5.91 Å². The van der Waals surface area contributed by atoms with Crippen molar-refractivity contribution in [1.82, 2.24) is 15.5 Å². The lowest BCUT2D eigenvalue weighted by Crippen LogP contribution is -2.32. The molecule has 0 bridgehead atoms. The van der Waals surface area contributed by atoms with Crippen molar-refractivity contribution < 1.29 is 14.1 Å². The van der Waals surface area contributed by atoms with Gasteiger partial charge < -0.3 is 14.6 Å². The molecule has 0 saturated heterocycles. The highest BCUT2D eigenvalue weighted by Gasteiger charge is 2.24. The van der Waals surface area contributed by atoms with Crippen LogP contribution in [0.4, 0.5) is 0 Å². The second-order valence-corrected chi connectivity index (χ2v) is 5.04. The third-order valence-electron chi connectivity index (χ3n) is 3.01. The van der Waals surface area contributed by atoms with Crippen molar-refractivity contribution in [3.63, 3.8) is 0 Å². The van der Waals surface area contributed by atoms with Gasteiger partial charge in [-0.05, 0) is 18.1 Å². The number of aromatic nitrogens is 2. The number of carbonyl (C=O) groups excluding carboxylic acids is 1. The summed E-state index contributed by atoms with van der Waals surface area (Å²) in [5.41, 5.74) is 0.597. The average molecular weight is 289 g/mol. The van der Waals surface area contributed by atoms with E-state index >= 15 is 0 Å². The van der Waals surface area contributed by atoms with Crippen molar-refractivity contribution in [3.8, 4) is 0 Å². The van der Waals surface area contributed by atoms with E-state index in [0.717, 1.165) is 0 Å². The van der Waals surface area contributed by atoms with Gasteiger partial charge in [-0.25, -0.2) is 0 Å². The maximum absolute atomic E-state index is 12.2. The number of amides is 1. The Morgan fingerprint density at radius 3 is 2.67 bits per heavy atom. The molecule has 0 spiro atoms. The van der Waals surface area contributed by atoms with E-state index in [1.54, 1.807) is 19.2 Å². The number of rotatable bonds is 6. The van der Waals surface area contributed by atoms with Gasteiger partial charge in [-0.3, -0.25) is 4.79 Å². The summed E-state index contributed by atoms with van der Waals surface area (Å²) in [6.45, 7) is 4.24. The van der Waals surface area contributed by atoms with Crippen LogP contribution in [0.3, 0.4) is 0 Å². The van der Waals surface area contributed by atoms with Crippen molar-refractivity contribution in [3.05, 3.63) is 47.6 Å². The standard InChI is InChI=1S/C15H19N3O3/c1-10(2)13(15-16-12(9-20-3)18-21-15)17-14(19)11-7-5-4-6-8-11/h4-8,10,13H,9H2,1-3H3,(H,17,19)/t13-/m1/s1. The third kappa shape index (κ3) is 3.88. The smallest absolute Gasteiger partial charge is 0.251 e. The number of hydrogen-bond acceptors (Lipinski definition) is 5. The van der Waals surface area contributed by atoms with Gasteiger partial charge in [0.05, 0.1) is 0 Å². The van der Waals surface area contributed by atoms with Gasteiger partial charge in [0.1, 0.15) is 12.6 Å². The minimum Gasteiger partial charge on any atom is -0.377 e. The van der Waals surface area contributed by atoms with Gasteiger partial charge in [-0.2, -0.15) is 4.98 Å². The van der Waals surface area contributed by atoms with Crippen LogP contribution in [-0.4, -0.2) is 23.2 Å². The molecule has 0 aliphatic heterocycles. The summed E-state index contributed by atoms with van der Waals surface area (Å²) in [5, 5.41) is 6.76. The number of ether oxygens (including phenoxy) is 1. The molecule has 6 nitrogen and oxygen atoms in total. The molecule has 1 amide bonds. The lowest BCUT2D eigenvalue weighted by molar-refractivity contribution is 0.0914. The zero-order chi connectivity index (χ0) is 15.2. The minimum atomic E-state index is -0.337. The molecule has 1 atom stereocenters. The Morgan fingerprint density at radius 1 is 1.33 bits per heavy atom. The highest BCUT2D eigenvalue weighted by atomic mass is 16.5. The summed E-state index contributed by atoms with van der Waals surface area (Å²) in [5.74, 6) is 0.808. The monoisotopic (exact) mass is 289 g/mol. The van der Waals surface area contributed by atoms with Crippen molar-refractivity contribution in [2.45, 2.75) is 26.5 Å². The Balaban J connectivity index is 2.13. The molecule has 112 valence electrons. The van der Waals surface area contributed by atoms with E-state index in [1.807, 2.05) is 32.0 Å². The number of nitrogens with one attached hydrogen (secondary N) is 1. The molecular weight excluding hydrogens is 270 g/mol. The maximum Gasteiger partial charge on any atom is 0.251 e. The second kappa shape index (κ2) is 6.99. The molecule has 21 heavy (non-hydrogen) atoms. The zero-order valence-electron chi connectivity index (χ0n) is 12.4. The van der Waals surface area contributed by atoms with Crippen LogP contribution in [0.5, 0.6) is 0 Å². The van der Waals surface area contributed by atoms with Crippen molar-refractivity contribution in [1.29, 1.82) is 0 Å². The lowest BCUT2D eigenvalue weighted by Gasteiger charge is -2.18. The van der Waals surface area contributed by atoms with Gasteiger partial charge >= 0.3 is 0 Å². The molecule has 0 aliphatic rings. The molecule has 0 fully saturated rings. The number of carbonyl (C=O) groups is 1. The van der Waals surface area contributed by atoms with Gasteiger partial charge in [-0.15, -0.1) is 0 Å². The number of methoxy groups -OCH3 is 1. The van der Waals surface area contributed by atoms with Gasteiger partial charge in [0.25, 0.3) is 5.91 Å². The van der Waals surface area contributed by atoms with Crippen LogP contribution < -0.4 is 5.32 Å². The van der Waals surface area contributed by atoms with E-state index in [0.29, 0.717) is 17.3 Å². The quantitative estimate of drug-likeness (QED) is 0.883. The van der Waals surface area contributed by atoms with Gasteiger partial charge in [0, 0.05) is 12.7 Å². The summed E-state index contributed by atoms with van der Waals surface area (Å²) in [6.07, 6.45) is 0. The largest absolute Gasteiger partial charge is 0.377 e. The fourth-order valence-corrected chi connectivity index (χ4v) is 1.91. The molecular formula is C15H19N3O3. The highest BCUT2D eigenvalue weighted by molar-refractivity contribution is 5.94. The summed E-state index contributed by atoms with van der Waals surface area (Å²) < 4.78 is 10.2. The molecule has 2 aromatic rings. The molecule has 1 aromatic heterocycles. The molecule has 0 unspecified atom stereocenters. The Labute approximate surface area is 123 Å². The predicted molar refractivity (Wildman–Crippen MR) is 76.5 cm³/mol. The zero-order valence-corrected chi connectivity index (χ0v) is 12.4. The SMILES string of the molecule is COCc1noc([C@H](NC(=O)c2ccccc2)C(C)C)n1. The van der Waals surface area contributed by atoms with E-state index in [4.69, 9.17) is 9.26 Å². The van der Waals surface area contributed by atoms with Crippen LogP contribution in [0.25, 0.3) is 0 Å². The van der Waals surface area contributed by atoms with Gasteiger partial charge in [0.15, 0.2) is 5.82 Å². The molecule has 2 rings (SSSR count). The molecule has 0 radical (unpaired) electrons. The van der Waals surface area contributed by atoms with Crippen LogP contribution >= 0.6 is 0 Å². The predicted octanol–water partition coefficient (Wildman–Crippen LogP) is 2.34. The lowest BCUT2D eigenvalue weighted by atomic mass is 10.0.